The van der Waals surface area contributed by atoms with Crippen LogP contribution in [-0.2, 0) is 6.54 Å². The summed E-state index contributed by atoms with van der Waals surface area (Å²) in [7, 11) is 1.82. The molecule has 2 amide bonds. The van der Waals surface area contributed by atoms with Crippen LogP contribution in [0.25, 0.3) is 0 Å². The maximum Gasteiger partial charge on any atom is 0.317 e. The maximum absolute atomic E-state index is 12.4. The minimum Gasteiger partial charge on any atom is -0.475 e. The zero-order chi connectivity index (χ0) is 18.4. The molecule has 8 nitrogen and oxygen atoms in total. The van der Waals surface area contributed by atoms with Gasteiger partial charge in [-0.25, -0.2) is 14.8 Å². The van der Waals surface area contributed by atoms with Crippen molar-refractivity contribution >= 4 is 11.8 Å². The Balaban J connectivity index is 1.57. The fraction of sp³-hybridized carbons (Fsp3) is 0.500. The van der Waals surface area contributed by atoms with Crippen LogP contribution in [0.3, 0.4) is 0 Å². The molecule has 0 unspecified atom stereocenters. The standard InChI is InChI=1S/C18H25N5O3/c1-3-10-26-17-16(19-7-8-20-17)23-9-6-14(13-23)22(2)18(24)21-12-15-5-4-11-25-15/h4-5,7-8,11,14H,3,6,9-10,12-13H2,1-2H3,(H,21,24)/t14-/m0/s1. The number of carbonyl (C=O) groups is 1. The summed E-state index contributed by atoms with van der Waals surface area (Å²) in [6.45, 7) is 4.55. The zero-order valence-corrected chi connectivity index (χ0v) is 15.2. The molecule has 0 saturated carbocycles. The van der Waals surface area contributed by atoms with Gasteiger partial charge in [0.15, 0.2) is 5.82 Å². The number of anilines is 1. The molecule has 1 aliphatic heterocycles. The number of rotatable bonds is 7. The average Bonchev–Trinajstić information content (AvgIpc) is 3.36. The van der Waals surface area contributed by atoms with Crippen LogP contribution in [0, 0.1) is 0 Å². The number of urea groups is 1. The van der Waals surface area contributed by atoms with Gasteiger partial charge in [-0.1, -0.05) is 6.92 Å². The van der Waals surface area contributed by atoms with Gasteiger partial charge in [0.1, 0.15) is 5.76 Å². The van der Waals surface area contributed by atoms with Gasteiger partial charge in [0.05, 0.1) is 25.5 Å². The largest absolute Gasteiger partial charge is 0.475 e. The van der Waals surface area contributed by atoms with E-state index in [-0.39, 0.29) is 12.1 Å². The van der Waals surface area contributed by atoms with Crippen LogP contribution < -0.4 is 15.0 Å². The van der Waals surface area contributed by atoms with Gasteiger partial charge in [-0.3, -0.25) is 0 Å². The van der Waals surface area contributed by atoms with Crippen molar-refractivity contribution in [2.24, 2.45) is 0 Å². The van der Waals surface area contributed by atoms with E-state index < -0.39 is 0 Å². The predicted octanol–water partition coefficient (Wildman–Crippen LogP) is 2.28. The second-order valence-corrected chi connectivity index (χ2v) is 6.27. The van der Waals surface area contributed by atoms with Crippen molar-refractivity contribution in [3.05, 3.63) is 36.5 Å². The third-order valence-electron chi connectivity index (χ3n) is 4.41. The summed E-state index contributed by atoms with van der Waals surface area (Å²) in [5.41, 5.74) is 0. The van der Waals surface area contributed by atoms with Crippen LogP contribution in [0.1, 0.15) is 25.5 Å². The number of aromatic nitrogens is 2. The number of hydrogen-bond acceptors (Lipinski definition) is 6. The Morgan fingerprint density at radius 3 is 3.08 bits per heavy atom. The molecule has 140 valence electrons. The van der Waals surface area contributed by atoms with Gasteiger partial charge in [-0.2, -0.15) is 0 Å². The Kier molecular flexibility index (Phi) is 5.93. The molecular weight excluding hydrogens is 334 g/mol. The van der Waals surface area contributed by atoms with Crippen molar-refractivity contribution in [2.45, 2.75) is 32.4 Å². The molecule has 1 aliphatic rings. The van der Waals surface area contributed by atoms with Crippen molar-refractivity contribution < 1.29 is 13.9 Å². The van der Waals surface area contributed by atoms with E-state index in [1.807, 2.05) is 13.1 Å². The number of hydrogen-bond donors (Lipinski definition) is 1. The van der Waals surface area contributed by atoms with E-state index in [1.165, 1.54) is 0 Å². The number of likely N-dealkylation sites (N-methyl/N-ethyl adjacent to an activating group) is 1. The van der Waals surface area contributed by atoms with E-state index in [1.54, 1.807) is 29.6 Å². The molecular formula is C18H25N5O3. The fourth-order valence-electron chi connectivity index (χ4n) is 2.95. The number of ether oxygens (including phenoxy) is 1. The van der Waals surface area contributed by atoms with Crippen LogP contribution in [-0.4, -0.2) is 53.7 Å². The molecule has 0 aliphatic carbocycles. The van der Waals surface area contributed by atoms with Crippen molar-refractivity contribution in [3.8, 4) is 5.88 Å². The lowest BCUT2D eigenvalue weighted by Gasteiger charge is -2.25. The molecule has 3 heterocycles. The van der Waals surface area contributed by atoms with Gasteiger partial charge in [-0.15, -0.1) is 0 Å². The lowest BCUT2D eigenvalue weighted by Crippen LogP contribution is -2.44. The van der Waals surface area contributed by atoms with Gasteiger partial charge >= 0.3 is 6.03 Å². The third-order valence-corrected chi connectivity index (χ3v) is 4.41. The average molecular weight is 359 g/mol. The molecule has 2 aromatic rings. The van der Waals surface area contributed by atoms with Crippen molar-refractivity contribution in [1.82, 2.24) is 20.2 Å². The zero-order valence-electron chi connectivity index (χ0n) is 15.2. The Labute approximate surface area is 153 Å². The van der Waals surface area contributed by atoms with Crippen LogP contribution in [0.15, 0.2) is 35.2 Å². The summed E-state index contributed by atoms with van der Waals surface area (Å²) in [5.74, 6) is 2.03. The number of carbonyl (C=O) groups excluding carboxylic acids is 1. The molecule has 0 radical (unpaired) electrons. The van der Waals surface area contributed by atoms with E-state index >= 15 is 0 Å². The summed E-state index contributed by atoms with van der Waals surface area (Å²) in [6.07, 6.45) is 6.68. The Morgan fingerprint density at radius 2 is 2.31 bits per heavy atom. The summed E-state index contributed by atoms with van der Waals surface area (Å²) in [6, 6.07) is 3.63. The van der Waals surface area contributed by atoms with E-state index in [0.29, 0.717) is 25.6 Å². The number of nitrogens with zero attached hydrogens (tertiary/aromatic N) is 4. The summed E-state index contributed by atoms with van der Waals surface area (Å²) in [4.78, 5) is 25.0. The number of furan rings is 1. The molecule has 2 aromatic heterocycles. The highest BCUT2D eigenvalue weighted by Gasteiger charge is 2.30. The monoisotopic (exact) mass is 359 g/mol. The quantitative estimate of drug-likeness (QED) is 0.816. The first-order valence-corrected chi connectivity index (χ1v) is 8.90. The second-order valence-electron chi connectivity index (χ2n) is 6.27. The van der Waals surface area contributed by atoms with E-state index in [0.717, 1.165) is 31.0 Å². The molecule has 0 spiro atoms. The molecule has 1 atom stereocenters. The highest BCUT2D eigenvalue weighted by Crippen LogP contribution is 2.27. The first-order chi connectivity index (χ1) is 12.7. The Morgan fingerprint density at radius 1 is 1.46 bits per heavy atom. The van der Waals surface area contributed by atoms with Crippen LogP contribution in [0.5, 0.6) is 5.88 Å². The minimum atomic E-state index is -0.116. The van der Waals surface area contributed by atoms with Gasteiger partial charge in [0.2, 0.25) is 0 Å². The topological polar surface area (TPSA) is 83.7 Å². The fourth-order valence-corrected chi connectivity index (χ4v) is 2.95. The molecule has 0 aromatic carbocycles. The Bertz CT molecular complexity index is 707. The SMILES string of the molecule is CCCOc1nccnc1N1CC[C@H](N(C)C(=O)NCc2ccco2)C1. The smallest absolute Gasteiger partial charge is 0.317 e. The molecule has 1 fully saturated rings. The molecule has 0 bridgehead atoms. The minimum absolute atomic E-state index is 0.104. The van der Waals surface area contributed by atoms with E-state index in [2.05, 4.69) is 27.1 Å². The van der Waals surface area contributed by atoms with Crippen LogP contribution >= 0.6 is 0 Å². The molecule has 1 saturated heterocycles. The highest BCUT2D eigenvalue weighted by molar-refractivity contribution is 5.74. The summed E-state index contributed by atoms with van der Waals surface area (Å²) >= 11 is 0. The Hall–Kier alpha value is -2.77. The predicted molar refractivity (Wildman–Crippen MR) is 97.1 cm³/mol. The number of amides is 2. The lowest BCUT2D eigenvalue weighted by atomic mass is 10.2. The van der Waals surface area contributed by atoms with Gasteiger partial charge in [0, 0.05) is 32.5 Å². The van der Waals surface area contributed by atoms with Crippen molar-refractivity contribution in [1.29, 1.82) is 0 Å². The van der Waals surface area contributed by atoms with Crippen LogP contribution in [0.4, 0.5) is 10.6 Å². The van der Waals surface area contributed by atoms with Gasteiger partial charge in [0.25, 0.3) is 5.88 Å². The first-order valence-electron chi connectivity index (χ1n) is 8.90. The van der Waals surface area contributed by atoms with Crippen LogP contribution in [0.2, 0.25) is 0 Å². The first kappa shape index (κ1) is 18.0. The number of nitrogens with one attached hydrogen (secondary N) is 1. The maximum atomic E-state index is 12.4. The molecule has 3 rings (SSSR count). The van der Waals surface area contributed by atoms with Crippen molar-refractivity contribution in [3.63, 3.8) is 0 Å². The molecule has 26 heavy (non-hydrogen) atoms. The second kappa shape index (κ2) is 8.55. The molecule has 8 heteroatoms. The van der Waals surface area contributed by atoms with Gasteiger partial charge in [-0.05, 0) is 25.0 Å². The third kappa shape index (κ3) is 4.25. The van der Waals surface area contributed by atoms with Gasteiger partial charge < -0.3 is 24.3 Å². The summed E-state index contributed by atoms with van der Waals surface area (Å²) < 4.78 is 10.9. The van der Waals surface area contributed by atoms with E-state index in [9.17, 15) is 4.79 Å². The lowest BCUT2D eigenvalue weighted by molar-refractivity contribution is 0.193. The normalized spacial score (nSPS) is 16.5. The van der Waals surface area contributed by atoms with Crippen molar-refractivity contribution in [2.75, 3.05) is 31.6 Å². The van der Waals surface area contributed by atoms with E-state index in [4.69, 9.17) is 9.15 Å². The highest BCUT2D eigenvalue weighted by atomic mass is 16.5. The summed E-state index contributed by atoms with van der Waals surface area (Å²) in [5, 5.41) is 2.88. The molecule has 1 N–H and O–H groups in total.